The molecule has 1 heterocycles. The molecule has 1 saturated heterocycles. The van der Waals surface area contributed by atoms with Gasteiger partial charge in [0.25, 0.3) is 0 Å². The smallest absolute Gasteiger partial charge is 0.326 e. The van der Waals surface area contributed by atoms with E-state index in [-0.39, 0.29) is 5.91 Å². The summed E-state index contributed by atoms with van der Waals surface area (Å²) in [6.07, 6.45) is 0.753. The zero-order valence-electron chi connectivity index (χ0n) is 9.72. The number of carboxylic acids is 1. The third kappa shape index (κ3) is 2.46. The van der Waals surface area contributed by atoms with Crippen molar-refractivity contribution in [2.45, 2.75) is 32.4 Å². The molecule has 0 aliphatic carbocycles. The lowest BCUT2D eigenvalue weighted by molar-refractivity contribution is -0.146. The van der Waals surface area contributed by atoms with Gasteiger partial charge < -0.3 is 10.0 Å². The Hall–Kier alpha value is -1.84. The van der Waals surface area contributed by atoms with Crippen LogP contribution in [0.5, 0.6) is 0 Å². The number of benzene rings is 1. The predicted molar refractivity (Wildman–Crippen MR) is 62.4 cm³/mol. The Morgan fingerprint density at radius 3 is 2.65 bits per heavy atom. The highest BCUT2D eigenvalue weighted by Gasteiger charge is 2.35. The van der Waals surface area contributed by atoms with E-state index in [1.165, 1.54) is 4.90 Å². The average molecular weight is 233 g/mol. The molecule has 17 heavy (non-hydrogen) atoms. The summed E-state index contributed by atoms with van der Waals surface area (Å²) < 4.78 is 0. The van der Waals surface area contributed by atoms with Gasteiger partial charge in [-0.05, 0) is 18.9 Å². The van der Waals surface area contributed by atoms with Crippen LogP contribution in [0.1, 0.15) is 24.0 Å². The minimum absolute atomic E-state index is 0.0713. The van der Waals surface area contributed by atoms with Gasteiger partial charge in [0.1, 0.15) is 6.04 Å². The van der Waals surface area contributed by atoms with E-state index in [0.717, 1.165) is 11.1 Å². The molecular weight excluding hydrogens is 218 g/mol. The molecule has 1 aliphatic rings. The van der Waals surface area contributed by atoms with Gasteiger partial charge in [0.2, 0.25) is 5.91 Å². The number of aryl methyl sites for hydroxylation is 1. The molecule has 0 unspecified atom stereocenters. The Kier molecular flexibility index (Phi) is 3.13. The van der Waals surface area contributed by atoms with Crippen LogP contribution < -0.4 is 0 Å². The van der Waals surface area contributed by atoms with Gasteiger partial charge in [0.15, 0.2) is 0 Å². The van der Waals surface area contributed by atoms with Crippen LogP contribution in [-0.4, -0.2) is 27.9 Å². The number of rotatable bonds is 3. The summed E-state index contributed by atoms with van der Waals surface area (Å²) in [7, 11) is 0. The van der Waals surface area contributed by atoms with Crippen LogP contribution in [0.3, 0.4) is 0 Å². The molecule has 1 aromatic carbocycles. The van der Waals surface area contributed by atoms with Gasteiger partial charge in [-0.25, -0.2) is 4.79 Å². The van der Waals surface area contributed by atoms with E-state index < -0.39 is 12.0 Å². The van der Waals surface area contributed by atoms with Crippen molar-refractivity contribution in [3.63, 3.8) is 0 Å². The number of carbonyl (C=O) groups is 2. The van der Waals surface area contributed by atoms with Crippen LogP contribution in [0.15, 0.2) is 24.3 Å². The zero-order valence-corrected chi connectivity index (χ0v) is 9.72. The van der Waals surface area contributed by atoms with Crippen molar-refractivity contribution in [1.29, 1.82) is 0 Å². The number of likely N-dealkylation sites (tertiary alicyclic amines) is 1. The molecule has 4 nitrogen and oxygen atoms in total. The number of carboxylic acid groups (broad SMARTS) is 1. The highest BCUT2D eigenvalue weighted by atomic mass is 16.4. The molecule has 4 heteroatoms. The van der Waals surface area contributed by atoms with Crippen LogP contribution in [0, 0.1) is 6.92 Å². The first-order valence-electron chi connectivity index (χ1n) is 5.66. The maximum absolute atomic E-state index is 11.6. The first-order chi connectivity index (χ1) is 8.08. The van der Waals surface area contributed by atoms with Crippen LogP contribution >= 0.6 is 0 Å². The topological polar surface area (TPSA) is 57.6 Å². The maximum Gasteiger partial charge on any atom is 0.326 e. The molecule has 1 N–H and O–H groups in total. The predicted octanol–water partition coefficient (Wildman–Crippen LogP) is 1.57. The molecule has 0 spiro atoms. The molecule has 1 aliphatic heterocycles. The lowest BCUT2D eigenvalue weighted by atomic mass is 10.1. The molecule has 0 saturated carbocycles. The molecule has 1 fully saturated rings. The Labute approximate surface area is 99.9 Å². The van der Waals surface area contributed by atoms with Gasteiger partial charge in [0.05, 0.1) is 0 Å². The summed E-state index contributed by atoms with van der Waals surface area (Å²) in [6.45, 7) is 2.38. The van der Waals surface area contributed by atoms with E-state index in [1.807, 2.05) is 31.2 Å². The quantitative estimate of drug-likeness (QED) is 0.862. The number of hydrogen-bond donors (Lipinski definition) is 1. The number of nitrogens with zero attached hydrogens (tertiary/aromatic N) is 1. The van der Waals surface area contributed by atoms with E-state index in [1.54, 1.807) is 0 Å². The Balaban J connectivity index is 2.13. The van der Waals surface area contributed by atoms with E-state index in [9.17, 15) is 9.59 Å². The second kappa shape index (κ2) is 4.57. The minimum Gasteiger partial charge on any atom is -0.480 e. The SMILES string of the molecule is Cc1ccc(CN2C(=O)CC[C@@H]2C(=O)O)cc1. The van der Waals surface area contributed by atoms with E-state index >= 15 is 0 Å². The summed E-state index contributed by atoms with van der Waals surface area (Å²) in [6, 6.07) is 7.13. The maximum atomic E-state index is 11.6. The summed E-state index contributed by atoms with van der Waals surface area (Å²) >= 11 is 0. The van der Waals surface area contributed by atoms with Crippen molar-refractivity contribution in [3.8, 4) is 0 Å². The Bertz CT molecular complexity index is 438. The van der Waals surface area contributed by atoms with Crippen molar-refractivity contribution in [2.24, 2.45) is 0 Å². The van der Waals surface area contributed by atoms with Crippen LogP contribution in [0.25, 0.3) is 0 Å². The third-order valence-electron chi connectivity index (χ3n) is 3.09. The van der Waals surface area contributed by atoms with Crippen LogP contribution in [0.4, 0.5) is 0 Å². The first-order valence-corrected chi connectivity index (χ1v) is 5.66. The number of aliphatic carboxylic acids is 1. The lowest BCUT2D eigenvalue weighted by Gasteiger charge is -2.21. The van der Waals surface area contributed by atoms with Gasteiger partial charge >= 0.3 is 5.97 Å². The summed E-state index contributed by atoms with van der Waals surface area (Å²) in [5, 5.41) is 9.03. The lowest BCUT2D eigenvalue weighted by Crippen LogP contribution is -2.37. The normalized spacial score (nSPS) is 19.7. The first kappa shape index (κ1) is 11.6. The van der Waals surface area contributed by atoms with Crippen molar-refractivity contribution in [1.82, 2.24) is 4.90 Å². The third-order valence-corrected chi connectivity index (χ3v) is 3.09. The number of carbonyl (C=O) groups excluding carboxylic acids is 1. The van der Waals surface area contributed by atoms with Gasteiger partial charge in [0, 0.05) is 13.0 Å². The molecule has 1 atom stereocenters. The Morgan fingerprint density at radius 1 is 1.41 bits per heavy atom. The molecule has 90 valence electrons. The van der Waals surface area contributed by atoms with Crippen molar-refractivity contribution in [3.05, 3.63) is 35.4 Å². The molecule has 1 aromatic rings. The van der Waals surface area contributed by atoms with Crippen molar-refractivity contribution < 1.29 is 14.7 Å². The molecule has 0 bridgehead atoms. The fourth-order valence-electron chi connectivity index (χ4n) is 2.08. The monoisotopic (exact) mass is 233 g/mol. The van der Waals surface area contributed by atoms with Gasteiger partial charge in [-0.15, -0.1) is 0 Å². The van der Waals surface area contributed by atoms with Crippen molar-refractivity contribution >= 4 is 11.9 Å². The molecule has 2 rings (SSSR count). The summed E-state index contributed by atoms with van der Waals surface area (Å²) in [4.78, 5) is 24.1. The molecule has 0 aromatic heterocycles. The number of amides is 1. The molecule has 1 amide bonds. The second-order valence-electron chi connectivity index (χ2n) is 4.40. The summed E-state index contributed by atoms with van der Waals surface area (Å²) in [5.41, 5.74) is 2.12. The largest absolute Gasteiger partial charge is 0.480 e. The summed E-state index contributed by atoms with van der Waals surface area (Å²) in [5.74, 6) is -0.985. The molecule has 0 radical (unpaired) electrons. The van der Waals surface area contributed by atoms with Gasteiger partial charge in [-0.2, -0.15) is 0 Å². The Morgan fingerprint density at radius 2 is 2.06 bits per heavy atom. The highest BCUT2D eigenvalue weighted by molar-refractivity contribution is 5.87. The standard InChI is InChI=1S/C13H15NO3/c1-9-2-4-10(5-3-9)8-14-11(13(16)17)6-7-12(14)15/h2-5,11H,6-8H2,1H3,(H,16,17)/t11-/m1/s1. The average Bonchev–Trinajstić information content (AvgIpc) is 2.64. The van der Waals surface area contributed by atoms with Crippen molar-refractivity contribution in [2.75, 3.05) is 0 Å². The molecular formula is C13H15NO3. The number of hydrogen-bond acceptors (Lipinski definition) is 2. The fourth-order valence-corrected chi connectivity index (χ4v) is 2.08. The van der Waals surface area contributed by atoms with Gasteiger partial charge in [-0.3, -0.25) is 4.79 Å². The van der Waals surface area contributed by atoms with E-state index in [0.29, 0.717) is 19.4 Å². The minimum atomic E-state index is -0.914. The zero-order chi connectivity index (χ0) is 12.4. The fraction of sp³-hybridized carbons (Fsp3) is 0.385. The van der Waals surface area contributed by atoms with Crippen LogP contribution in [-0.2, 0) is 16.1 Å². The van der Waals surface area contributed by atoms with E-state index in [4.69, 9.17) is 5.11 Å². The van der Waals surface area contributed by atoms with Crippen LogP contribution in [0.2, 0.25) is 0 Å². The highest BCUT2D eigenvalue weighted by Crippen LogP contribution is 2.21. The second-order valence-corrected chi connectivity index (χ2v) is 4.40. The van der Waals surface area contributed by atoms with Gasteiger partial charge in [-0.1, -0.05) is 29.8 Å². The van der Waals surface area contributed by atoms with E-state index in [2.05, 4.69) is 0 Å².